The Labute approximate surface area is 124 Å². The van der Waals surface area contributed by atoms with Crippen molar-refractivity contribution in [1.29, 1.82) is 0 Å². The summed E-state index contributed by atoms with van der Waals surface area (Å²) >= 11 is 5.43. The van der Waals surface area contributed by atoms with Crippen LogP contribution in [0.25, 0.3) is 0 Å². The van der Waals surface area contributed by atoms with Crippen molar-refractivity contribution >= 4 is 23.2 Å². The second kappa shape index (κ2) is 8.38. The summed E-state index contributed by atoms with van der Waals surface area (Å²) in [6, 6.07) is 7.86. The van der Waals surface area contributed by atoms with Gasteiger partial charge < -0.3 is 22.5 Å². The quantitative estimate of drug-likeness (QED) is 0.703. The van der Waals surface area contributed by atoms with E-state index in [1.807, 2.05) is 24.3 Å². The molecular formula is C13H17Cl2N2O2-. The maximum atomic E-state index is 11.1. The van der Waals surface area contributed by atoms with E-state index >= 15 is 0 Å². The van der Waals surface area contributed by atoms with Gasteiger partial charge in [-0.15, -0.1) is 11.6 Å². The maximum absolute atomic E-state index is 11.1. The van der Waals surface area contributed by atoms with Gasteiger partial charge in [-0.25, -0.2) is 0 Å². The van der Waals surface area contributed by atoms with Gasteiger partial charge in [0, 0.05) is 25.3 Å². The first-order valence-electron chi connectivity index (χ1n) is 6.03. The maximum Gasteiger partial charge on any atom is 0.239 e. The number of rotatable bonds is 4. The van der Waals surface area contributed by atoms with Crippen molar-refractivity contribution in [3.63, 3.8) is 0 Å². The fourth-order valence-electron chi connectivity index (χ4n) is 1.91. The molecule has 1 heterocycles. The molecule has 106 valence electrons. The van der Waals surface area contributed by atoms with Gasteiger partial charge in [0.15, 0.2) is 0 Å². The second-order valence-electron chi connectivity index (χ2n) is 4.27. The van der Waals surface area contributed by atoms with Crippen LogP contribution >= 0.6 is 11.6 Å². The zero-order chi connectivity index (χ0) is 12.8. The highest BCUT2D eigenvalue weighted by atomic mass is 35.5. The molecule has 0 radical (unpaired) electrons. The average Bonchev–Trinajstić information content (AvgIpc) is 2.42. The Morgan fingerprint density at radius 3 is 2.47 bits per heavy atom. The molecule has 0 saturated carbocycles. The van der Waals surface area contributed by atoms with E-state index < -0.39 is 0 Å². The molecule has 1 fully saturated rings. The first-order chi connectivity index (χ1) is 8.78. The molecule has 0 aliphatic carbocycles. The number of carbonyl (C=O) groups excluding carboxylic acids is 1. The molecule has 1 aromatic carbocycles. The predicted molar refractivity (Wildman–Crippen MR) is 71.9 cm³/mol. The normalized spacial score (nSPS) is 15.6. The summed E-state index contributed by atoms with van der Waals surface area (Å²) in [7, 11) is 0. The number of ether oxygens (including phenoxy) is 1. The molecule has 6 heteroatoms. The van der Waals surface area contributed by atoms with Gasteiger partial charge in [0.2, 0.25) is 5.91 Å². The first-order valence-corrected chi connectivity index (χ1v) is 6.56. The van der Waals surface area contributed by atoms with Crippen LogP contribution in [-0.4, -0.2) is 43.0 Å². The minimum atomic E-state index is -0.183. The molecule has 1 aromatic rings. The third-order valence-corrected chi connectivity index (χ3v) is 3.11. The Morgan fingerprint density at radius 1 is 1.26 bits per heavy atom. The van der Waals surface area contributed by atoms with E-state index in [1.54, 1.807) is 0 Å². The van der Waals surface area contributed by atoms with Gasteiger partial charge in [-0.2, -0.15) is 0 Å². The van der Waals surface area contributed by atoms with Crippen molar-refractivity contribution in [2.24, 2.45) is 0 Å². The average molecular weight is 304 g/mol. The lowest BCUT2D eigenvalue weighted by Gasteiger charge is -2.26. The minimum Gasteiger partial charge on any atom is -1.00 e. The first kappa shape index (κ1) is 16.2. The van der Waals surface area contributed by atoms with Crippen LogP contribution in [-0.2, 0) is 16.1 Å². The molecule has 0 spiro atoms. The number of nitrogens with one attached hydrogen (secondary N) is 1. The van der Waals surface area contributed by atoms with E-state index in [1.165, 1.54) is 5.56 Å². The van der Waals surface area contributed by atoms with E-state index in [9.17, 15) is 4.79 Å². The van der Waals surface area contributed by atoms with Crippen LogP contribution in [0.2, 0.25) is 0 Å². The van der Waals surface area contributed by atoms with Crippen LogP contribution in [0.1, 0.15) is 5.56 Å². The summed E-state index contributed by atoms with van der Waals surface area (Å²) in [5.74, 6) is -0.201. The summed E-state index contributed by atoms with van der Waals surface area (Å²) in [5.41, 5.74) is 2.02. The zero-order valence-electron chi connectivity index (χ0n) is 10.6. The lowest BCUT2D eigenvalue weighted by Crippen LogP contribution is -3.00. The number of hydrogen-bond donors (Lipinski definition) is 1. The summed E-state index contributed by atoms with van der Waals surface area (Å²) in [5, 5.41) is 2.72. The number of halogens is 2. The number of morpholine rings is 1. The van der Waals surface area contributed by atoms with Crippen molar-refractivity contribution in [1.82, 2.24) is 4.90 Å². The number of alkyl halides is 1. The van der Waals surface area contributed by atoms with Gasteiger partial charge >= 0.3 is 0 Å². The molecule has 0 bridgehead atoms. The molecule has 0 atom stereocenters. The lowest BCUT2D eigenvalue weighted by atomic mass is 10.2. The number of anilines is 1. The Balaban J connectivity index is 0.00000180. The molecule has 19 heavy (non-hydrogen) atoms. The van der Waals surface area contributed by atoms with Crippen LogP contribution in [0.4, 0.5) is 5.69 Å². The molecular weight excluding hydrogens is 287 g/mol. The topological polar surface area (TPSA) is 41.6 Å². The Morgan fingerprint density at radius 2 is 1.89 bits per heavy atom. The van der Waals surface area contributed by atoms with Crippen LogP contribution in [0.3, 0.4) is 0 Å². The number of benzene rings is 1. The standard InChI is InChI=1S/C13H17ClN2O2.ClH/c14-9-13(17)15-12-3-1-11(2-4-12)10-16-5-7-18-8-6-16;/h1-4H,5-10H2,(H,15,17);1H/p-1. The fourth-order valence-corrected chi connectivity index (χ4v) is 1.97. The van der Waals surface area contributed by atoms with Crippen molar-refractivity contribution in [2.75, 3.05) is 37.5 Å². The molecule has 1 N–H and O–H groups in total. The highest BCUT2D eigenvalue weighted by Gasteiger charge is 2.10. The number of nitrogens with zero attached hydrogens (tertiary/aromatic N) is 1. The van der Waals surface area contributed by atoms with E-state index in [0.29, 0.717) is 0 Å². The molecule has 1 saturated heterocycles. The predicted octanol–water partition coefficient (Wildman–Crippen LogP) is -1.30. The van der Waals surface area contributed by atoms with Crippen molar-refractivity contribution in [3.8, 4) is 0 Å². The molecule has 0 unspecified atom stereocenters. The van der Waals surface area contributed by atoms with E-state index in [-0.39, 0.29) is 24.2 Å². The van der Waals surface area contributed by atoms with Crippen LogP contribution in [0.15, 0.2) is 24.3 Å². The van der Waals surface area contributed by atoms with Crippen molar-refractivity contribution in [2.45, 2.75) is 6.54 Å². The molecule has 1 amide bonds. The summed E-state index contributed by atoms with van der Waals surface area (Å²) < 4.78 is 5.31. The van der Waals surface area contributed by atoms with Crippen LogP contribution in [0, 0.1) is 0 Å². The molecule has 1 aliphatic heterocycles. The van der Waals surface area contributed by atoms with Gasteiger partial charge in [0.05, 0.1) is 13.2 Å². The zero-order valence-corrected chi connectivity index (χ0v) is 12.1. The number of hydrogen-bond acceptors (Lipinski definition) is 3. The van der Waals surface area contributed by atoms with E-state index in [4.69, 9.17) is 16.3 Å². The SMILES string of the molecule is O=C(CCl)Nc1ccc(CN2CCOCC2)cc1.[Cl-]. The Hall–Kier alpha value is -0.810. The van der Waals surface area contributed by atoms with Gasteiger partial charge in [-0.3, -0.25) is 9.69 Å². The molecule has 4 nitrogen and oxygen atoms in total. The van der Waals surface area contributed by atoms with Gasteiger partial charge in [-0.05, 0) is 17.7 Å². The summed E-state index contributed by atoms with van der Waals surface area (Å²) in [6.07, 6.45) is 0. The van der Waals surface area contributed by atoms with Crippen molar-refractivity contribution in [3.05, 3.63) is 29.8 Å². The van der Waals surface area contributed by atoms with E-state index in [0.717, 1.165) is 38.5 Å². The largest absolute Gasteiger partial charge is 1.00 e. The molecule has 1 aliphatic rings. The van der Waals surface area contributed by atoms with Gasteiger partial charge in [0.25, 0.3) is 0 Å². The Kier molecular flexibility index (Phi) is 7.16. The van der Waals surface area contributed by atoms with E-state index in [2.05, 4.69) is 10.2 Å². The summed E-state index contributed by atoms with van der Waals surface area (Å²) in [4.78, 5) is 13.5. The van der Waals surface area contributed by atoms with Gasteiger partial charge in [-0.1, -0.05) is 12.1 Å². The fraction of sp³-hybridized carbons (Fsp3) is 0.462. The number of carbonyl (C=O) groups is 1. The number of amides is 1. The molecule has 0 aromatic heterocycles. The third-order valence-electron chi connectivity index (χ3n) is 2.87. The monoisotopic (exact) mass is 303 g/mol. The lowest BCUT2D eigenvalue weighted by molar-refractivity contribution is -0.113. The minimum absolute atomic E-state index is 0. The highest BCUT2D eigenvalue weighted by Crippen LogP contribution is 2.12. The highest BCUT2D eigenvalue weighted by molar-refractivity contribution is 6.29. The summed E-state index contributed by atoms with van der Waals surface area (Å²) in [6.45, 7) is 4.50. The Bertz CT molecular complexity index is 392. The van der Waals surface area contributed by atoms with Crippen LogP contribution in [0.5, 0.6) is 0 Å². The van der Waals surface area contributed by atoms with Gasteiger partial charge in [0.1, 0.15) is 5.88 Å². The molecule has 2 rings (SSSR count). The second-order valence-corrected chi connectivity index (χ2v) is 4.53. The smallest absolute Gasteiger partial charge is 0.239 e. The van der Waals surface area contributed by atoms with Crippen LogP contribution < -0.4 is 17.7 Å². The third kappa shape index (κ3) is 5.37. The van der Waals surface area contributed by atoms with Crippen molar-refractivity contribution < 1.29 is 21.9 Å².